The van der Waals surface area contributed by atoms with E-state index in [2.05, 4.69) is 0 Å². The van der Waals surface area contributed by atoms with Crippen molar-refractivity contribution in [2.75, 3.05) is 25.7 Å². The van der Waals surface area contributed by atoms with Gasteiger partial charge in [-0.25, -0.2) is 0 Å². The number of hydrogen-bond donors (Lipinski definition) is 1. The fraction of sp³-hybridized carbons (Fsp3) is 0.385. The number of nitrogens with zero attached hydrogens (tertiary/aromatic N) is 1. The van der Waals surface area contributed by atoms with Gasteiger partial charge in [-0.2, -0.15) is 0 Å². The van der Waals surface area contributed by atoms with Crippen LogP contribution in [0.3, 0.4) is 0 Å². The molecule has 1 saturated heterocycles. The van der Waals surface area contributed by atoms with Gasteiger partial charge in [-0.3, -0.25) is 9.59 Å². The molecule has 6 nitrogen and oxygen atoms in total. The number of benzene rings is 1. The van der Waals surface area contributed by atoms with E-state index in [9.17, 15) is 9.59 Å². The Balaban J connectivity index is 2.27. The van der Waals surface area contributed by atoms with E-state index in [0.717, 1.165) is 0 Å². The third kappa shape index (κ3) is 2.47. The molecule has 0 bridgehead atoms. The predicted molar refractivity (Wildman–Crippen MR) is 67.6 cm³/mol. The largest absolute Gasteiger partial charge is 0.493 e. The Morgan fingerprint density at radius 3 is 2.53 bits per heavy atom. The molecule has 1 amide bonds. The zero-order valence-corrected chi connectivity index (χ0v) is 10.8. The van der Waals surface area contributed by atoms with Crippen molar-refractivity contribution in [2.24, 2.45) is 5.92 Å². The SMILES string of the molecule is COc1ccc(N2CC(C(=O)O)CC2=O)cc1OC. The summed E-state index contributed by atoms with van der Waals surface area (Å²) in [4.78, 5) is 24.2. The second-order valence-corrected chi connectivity index (χ2v) is 4.28. The van der Waals surface area contributed by atoms with Crippen LogP contribution in [-0.4, -0.2) is 37.7 Å². The topological polar surface area (TPSA) is 76.1 Å². The van der Waals surface area contributed by atoms with E-state index in [-0.39, 0.29) is 18.9 Å². The minimum Gasteiger partial charge on any atom is -0.493 e. The molecule has 1 aromatic rings. The summed E-state index contributed by atoms with van der Waals surface area (Å²) in [5.74, 6) is -0.726. The van der Waals surface area contributed by atoms with Crippen molar-refractivity contribution in [1.29, 1.82) is 0 Å². The first kappa shape index (κ1) is 13.2. The Hall–Kier alpha value is -2.24. The normalized spacial score (nSPS) is 18.5. The second kappa shape index (κ2) is 5.17. The Morgan fingerprint density at radius 1 is 1.32 bits per heavy atom. The lowest BCUT2D eigenvalue weighted by Crippen LogP contribution is -2.25. The summed E-state index contributed by atoms with van der Waals surface area (Å²) in [6, 6.07) is 5.07. The number of rotatable bonds is 4. The first-order valence-corrected chi connectivity index (χ1v) is 5.82. The lowest BCUT2D eigenvalue weighted by Gasteiger charge is -2.18. The van der Waals surface area contributed by atoms with E-state index in [1.807, 2.05) is 0 Å². The Bertz CT molecular complexity index is 514. The highest BCUT2D eigenvalue weighted by atomic mass is 16.5. The van der Waals surface area contributed by atoms with Crippen molar-refractivity contribution >= 4 is 17.6 Å². The molecule has 1 fully saturated rings. The van der Waals surface area contributed by atoms with E-state index in [1.54, 1.807) is 18.2 Å². The molecule has 6 heteroatoms. The first-order valence-electron chi connectivity index (χ1n) is 5.82. The first-order chi connectivity index (χ1) is 9.06. The standard InChI is InChI=1S/C13H15NO5/c1-18-10-4-3-9(6-11(10)19-2)14-7-8(13(16)17)5-12(14)15/h3-4,6,8H,5,7H2,1-2H3,(H,16,17). The van der Waals surface area contributed by atoms with Crippen LogP contribution in [-0.2, 0) is 9.59 Å². The molecule has 102 valence electrons. The number of aliphatic carboxylic acids is 1. The fourth-order valence-electron chi connectivity index (χ4n) is 2.12. The number of hydrogen-bond acceptors (Lipinski definition) is 4. The number of anilines is 1. The summed E-state index contributed by atoms with van der Waals surface area (Å²) in [5, 5.41) is 8.96. The fourth-order valence-corrected chi connectivity index (χ4v) is 2.12. The molecular formula is C13H15NO5. The zero-order valence-electron chi connectivity index (χ0n) is 10.8. The quantitative estimate of drug-likeness (QED) is 0.883. The molecule has 1 unspecified atom stereocenters. The van der Waals surface area contributed by atoms with Crippen molar-refractivity contribution in [3.05, 3.63) is 18.2 Å². The highest BCUT2D eigenvalue weighted by molar-refractivity contribution is 5.99. The van der Waals surface area contributed by atoms with Crippen LogP contribution >= 0.6 is 0 Å². The van der Waals surface area contributed by atoms with Gasteiger partial charge < -0.3 is 19.5 Å². The van der Waals surface area contributed by atoms with Crippen molar-refractivity contribution < 1.29 is 24.2 Å². The van der Waals surface area contributed by atoms with Gasteiger partial charge in [-0.05, 0) is 12.1 Å². The molecule has 1 aliphatic heterocycles. The lowest BCUT2D eigenvalue weighted by molar-refractivity contribution is -0.141. The molecule has 0 aromatic heterocycles. The molecule has 1 heterocycles. The van der Waals surface area contributed by atoms with Crippen LogP contribution < -0.4 is 14.4 Å². The van der Waals surface area contributed by atoms with Gasteiger partial charge in [-0.1, -0.05) is 0 Å². The van der Waals surface area contributed by atoms with Crippen molar-refractivity contribution in [1.82, 2.24) is 0 Å². The summed E-state index contributed by atoms with van der Waals surface area (Å²) < 4.78 is 10.3. The number of methoxy groups -OCH3 is 2. The summed E-state index contributed by atoms with van der Waals surface area (Å²) in [6.07, 6.45) is 0.0314. The van der Waals surface area contributed by atoms with E-state index >= 15 is 0 Å². The van der Waals surface area contributed by atoms with E-state index in [4.69, 9.17) is 14.6 Å². The molecule has 0 aliphatic carbocycles. The third-order valence-electron chi connectivity index (χ3n) is 3.15. The molecule has 0 radical (unpaired) electrons. The maximum Gasteiger partial charge on any atom is 0.308 e. The van der Waals surface area contributed by atoms with Gasteiger partial charge in [0.2, 0.25) is 5.91 Å². The molecule has 19 heavy (non-hydrogen) atoms. The zero-order chi connectivity index (χ0) is 14.0. The smallest absolute Gasteiger partial charge is 0.308 e. The minimum atomic E-state index is -0.948. The van der Waals surface area contributed by atoms with E-state index < -0.39 is 11.9 Å². The average molecular weight is 265 g/mol. The van der Waals surface area contributed by atoms with Gasteiger partial charge in [0.05, 0.1) is 20.1 Å². The Labute approximate surface area is 110 Å². The van der Waals surface area contributed by atoms with Crippen LogP contribution in [0.4, 0.5) is 5.69 Å². The highest BCUT2D eigenvalue weighted by Crippen LogP contribution is 2.34. The average Bonchev–Trinajstić information content (AvgIpc) is 2.80. The number of carboxylic acid groups (broad SMARTS) is 1. The number of carboxylic acids is 1. The minimum absolute atomic E-state index is 0.0314. The molecule has 1 atom stereocenters. The van der Waals surface area contributed by atoms with Crippen molar-refractivity contribution in [3.8, 4) is 11.5 Å². The maximum atomic E-state index is 11.8. The van der Waals surface area contributed by atoms with Gasteiger partial charge in [0, 0.05) is 24.7 Å². The monoisotopic (exact) mass is 265 g/mol. The van der Waals surface area contributed by atoms with Crippen LogP contribution in [0.1, 0.15) is 6.42 Å². The summed E-state index contributed by atoms with van der Waals surface area (Å²) in [7, 11) is 3.03. The van der Waals surface area contributed by atoms with Gasteiger partial charge in [0.25, 0.3) is 0 Å². The number of amides is 1. The van der Waals surface area contributed by atoms with Crippen molar-refractivity contribution in [2.45, 2.75) is 6.42 Å². The van der Waals surface area contributed by atoms with Crippen LogP contribution in [0.15, 0.2) is 18.2 Å². The summed E-state index contributed by atoms with van der Waals surface area (Å²) in [6.45, 7) is 0.184. The van der Waals surface area contributed by atoms with Crippen LogP contribution in [0.2, 0.25) is 0 Å². The Morgan fingerprint density at radius 2 is 2.00 bits per heavy atom. The number of carbonyl (C=O) groups is 2. The lowest BCUT2D eigenvalue weighted by atomic mass is 10.1. The molecule has 0 saturated carbocycles. The molecule has 1 aromatic carbocycles. The molecular weight excluding hydrogens is 250 g/mol. The summed E-state index contributed by atoms with van der Waals surface area (Å²) >= 11 is 0. The predicted octanol–water partition coefficient (Wildman–Crippen LogP) is 1.14. The van der Waals surface area contributed by atoms with Gasteiger partial charge in [-0.15, -0.1) is 0 Å². The molecule has 1 N–H and O–H groups in total. The van der Waals surface area contributed by atoms with Crippen LogP contribution in [0.5, 0.6) is 11.5 Å². The number of carbonyl (C=O) groups excluding carboxylic acids is 1. The summed E-state index contributed by atoms with van der Waals surface area (Å²) in [5.41, 5.74) is 0.617. The van der Waals surface area contributed by atoms with Gasteiger partial charge in [0.15, 0.2) is 11.5 Å². The maximum absolute atomic E-state index is 11.8. The second-order valence-electron chi connectivity index (χ2n) is 4.28. The number of ether oxygens (including phenoxy) is 2. The Kier molecular flexibility index (Phi) is 3.59. The van der Waals surface area contributed by atoms with Gasteiger partial charge >= 0.3 is 5.97 Å². The van der Waals surface area contributed by atoms with E-state index in [0.29, 0.717) is 17.2 Å². The third-order valence-corrected chi connectivity index (χ3v) is 3.15. The molecule has 1 aliphatic rings. The van der Waals surface area contributed by atoms with E-state index in [1.165, 1.54) is 19.1 Å². The van der Waals surface area contributed by atoms with Crippen LogP contribution in [0.25, 0.3) is 0 Å². The van der Waals surface area contributed by atoms with Crippen molar-refractivity contribution in [3.63, 3.8) is 0 Å². The van der Waals surface area contributed by atoms with Crippen LogP contribution in [0, 0.1) is 5.92 Å². The highest BCUT2D eigenvalue weighted by Gasteiger charge is 2.35. The molecule has 2 rings (SSSR count). The van der Waals surface area contributed by atoms with Gasteiger partial charge in [0.1, 0.15) is 0 Å². The molecule has 0 spiro atoms.